The Morgan fingerprint density at radius 1 is 1.33 bits per heavy atom. The summed E-state index contributed by atoms with van der Waals surface area (Å²) < 4.78 is 25.3. The molecule has 1 N–H and O–H groups in total. The maximum atomic E-state index is 12.4. The monoisotopic (exact) mass is 345 g/mol. The summed E-state index contributed by atoms with van der Waals surface area (Å²) in [7, 11) is -3.33. The van der Waals surface area contributed by atoms with Gasteiger partial charge in [0, 0.05) is 17.8 Å². The van der Waals surface area contributed by atoms with Gasteiger partial charge in [-0.2, -0.15) is 0 Å². The summed E-state index contributed by atoms with van der Waals surface area (Å²) in [6, 6.07) is 8.62. The third-order valence-corrected chi connectivity index (χ3v) is 5.36. The average Bonchev–Trinajstić information content (AvgIpc) is 2.84. The topological polar surface area (TPSA) is 79.4 Å². The average molecular weight is 345 g/mol. The van der Waals surface area contributed by atoms with Crippen molar-refractivity contribution in [3.63, 3.8) is 0 Å². The molecular formula is C17H19N3O3S. The molecule has 1 aromatic carbocycles. The van der Waals surface area contributed by atoms with Gasteiger partial charge in [0.1, 0.15) is 5.82 Å². The molecule has 2 aromatic rings. The molecule has 1 atom stereocenters. The summed E-state index contributed by atoms with van der Waals surface area (Å²) in [5, 5.41) is 2.79. The van der Waals surface area contributed by atoms with E-state index in [-0.39, 0.29) is 11.9 Å². The van der Waals surface area contributed by atoms with Crippen LogP contribution >= 0.6 is 0 Å². The van der Waals surface area contributed by atoms with Crippen LogP contribution in [0.1, 0.15) is 28.4 Å². The lowest BCUT2D eigenvalue weighted by Crippen LogP contribution is -2.34. The molecule has 1 aromatic heterocycles. The highest BCUT2D eigenvalue weighted by molar-refractivity contribution is 7.92. The molecule has 1 aliphatic heterocycles. The zero-order chi connectivity index (χ0) is 17.5. The summed E-state index contributed by atoms with van der Waals surface area (Å²) in [6.45, 7) is 3.73. The van der Waals surface area contributed by atoms with Gasteiger partial charge in [0.2, 0.25) is 10.0 Å². The van der Waals surface area contributed by atoms with Gasteiger partial charge in [0.05, 0.1) is 11.9 Å². The van der Waals surface area contributed by atoms with Crippen LogP contribution in [0.15, 0.2) is 36.5 Å². The number of benzene rings is 1. The van der Waals surface area contributed by atoms with Crippen molar-refractivity contribution < 1.29 is 13.2 Å². The van der Waals surface area contributed by atoms with Crippen molar-refractivity contribution in [3.05, 3.63) is 53.2 Å². The fourth-order valence-electron chi connectivity index (χ4n) is 3.05. The first-order valence-corrected chi connectivity index (χ1v) is 9.47. The Kier molecular flexibility index (Phi) is 4.04. The molecule has 0 bridgehead atoms. The smallest absolute Gasteiger partial charge is 0.256 e. The molecule has 0 saturated carbocycles. The van der Waals surface area contributed by atoms with E-state index in [2.05, 4.69) is 10.3 Å². The molecule has 2 heterocycles. The van der Waals surface area contributed by atoms with E-state index in [4.69, 9.17) is 0 Å². The van der Waals surface area contributed by atoms with Crippen LogP contribution < -0.4 is 9.62 Å². The first kappa shape index (κ1) is 16.4. The molecule has 0 radical (unpaired) electrons. The first-order valence-electron chi connectivity index (χ1n) is 7.62. The number of nitrogens with one attached hydrogen (secondary N) is 1. The molecule has 3 rings (SSSR count). The molecule has 6 nitrogen and oxygen atoms in total. The Balaban J connectivity index is 1.89. The maximum Gasteiger partial charge on any atom is 0.256 e. The van der Waals surface area contributed by atoms with Crippen LogP contribution in [0.5, 0.6) is 0 Å². The third kappa shape index (κ3) is 2.99. The Morgan fingerprint density at radius 2 is 2.08 bits per heavy atom. The fraction of sp³-hybridized carbons (Fsp3) is 0.294. The third-order valence-electron chi connectivity index (χ3n) is 4.09. The second-order valence-corrected chi connectivity index (χ2v) is 7.94. The molecule has 0 fully saturated rings. The SMILES string of the molecule is Cc1cccnc1NC(=O)c1ccc2c(c1)CC(C)N2S(C)(=O)=O. The number of carbonyl (C=O) groups excluding carboxylic acids is 1. The molecular weight excluding hydrogens is 326 g/mol. The van der Waals surface area contributed by atoms with Crippen LogP contribution in [0.4, 0.5) is 11.5 Å². The summed E-state index contributed by atoms with van der Waals surface area (Å²) in [6.07, 6.45) is 3.41. The number of anilines is 2. The van der Waals surface area contributed by atoms with Crippen molar-refractivity contribution >= 4 is 27.4 Å². The molecule has 0 spiro atoms. The second kappa shape index (κ2) is 5.90. The summed E-state index contributed by atoms with van der Waals surface area (Å²) in [4.78, 5) is 16.6. The van der Waals surface area contributed by atoms with E-state index in [0.717, 1.165) is 11.1 Å². The van der Waals surface area contributed by atoms with Crippen molar-refractivity contribution in [2.75, 3.05) is 15.9 Å². The molecule has 1 amide bonds. The van der Waals surface area contributed by atoms with Crippen molar-refractivity contribution in [3.8, 4) is 0 Å². The normalized spacial score (nSPS) is 16.8. The van der Waals surface area contributed by atoms with E-state index in [0.29, 0.717) is 23.5 Å². The van der Waals surface area contributed by atoms with E-state index in [1.807, 2.05) is 26.0 Å². The largest absolute Gasteiger partial charge is 0.306 e. The Hall–Kier alpha value is -2.41. The van der Waals surface area contributed by atoms with E-state index in [9.17, 15) is 13.2 Å². The molecule has 126 valence electrons. The number of nitrogens with zero attached hydrogens (tertiary/aromatic N) is 2. The summed E-state index contributed by atoms with van der Waals surface area (Å²) in [5.41, 5.74) is 2.87. The van der Waals surface area contributed by atoms with Crippen LogP contribution in [0.25, 0.3) is 0 Å². The number of hydrogen-bond donors (Lipinski definition) is 1. The Bertz CT molecular complexity index is 909. The number of fused-ring (bicyclic) bond motifs is 1. The number of amides is 1. The number of sulfonamides is 1. The summed E-state index contributed by atoms with van der Waals surface area (Å²) >= 11 is 0. The van der Waals surface area contributed by atoms with Crippen molar-refractivity contribution in [1.29, 1.82) is 0 Å². The zero-order valence-corrected chi connectivity index (χ0v) is 14.6. The Labute approximate surface area is 141 Å². The maximum absolute atomic E-state index is 12.4. The van der Waals surface area contributed by atoms with Crippen molar-refractivity contribution in [1.82, 2.24) is 4.98 Å². The van der Waals surface area contributed by atoms with Crippen LogP contribution in [-0.2, 0) is 16.4 Å². The van der Waals surface area contributed by atoms with E-state index >= 15 is 0 Å². The van der Waals surface area contributed by atoms with Crippen LogP contribution in [0.2, 0.25) is 0 Å². The van der Waals surface area contributed by atoms with Gasteiger partial charge in [-0.1, -0.05) is 6.07 Å². The number of hydrogen-bond acceptors (Lipinski definition) is 4. The van der Waals surface area contributed by atoms with E-state index in [1.165, 1.54) is 10.6 Å². The quantitative estimate of drug-likeness (QED) is 0.926. The van der Waals surface area contributed by atoms with E-state index < -0.39 is 10.0 Å². The van der Waals surface area contributed by atoms with Crippen LogP contribution in [0.3, 0.4) is 0 Å². The first-order chi connectivity index (χ1) is 11.3. The van der Waals surface area contributed by atoms with Gasteiger partial charge in [-0.05, 0) is 55.7 Å². The van der Waals surface area contributed by atoms with Gasteiger partial charge in [0.15, 0.2) is 0 Å². The minimum atomic E-state index is -3.33. The standard InChI is InChI=1S/C17H19N3O3S/c1-11-5-4-8-18-16(11)19-17(21)13-6-7-15-14(10-13)9-12(2)20(15)24(3,22)23/h4-8,10,12H,9H2,1-3H3,(H,18,19,21). The number of rotatable bonds is 3. The predicted molar refractivity (Wildman–Crippen MR) is 93.9 cm³/mol. The minimum absolute atomic E-state index is 0.147. The number of aromatic nitrogens is 1. The van der Waals surface area contributed by atoms with Gasteiger partial charge < -0.3 is 5.32 Å². The molecule has 7 heteroatoms. The van der Waals surface area contributed by atoms with Gasteiger partial charge >= 0.3 is 0 Å². The molecule has 24 heavy (non-hydrogen) atoms. The summed E-state index contributed by atoms with van der Waals surface area (Å²) in [5.74, 6) is 0.263. The van der Waals surface area contributed by atoms with Gasteiger partial charge in [0.25, 0.3) is 5.91 Å². The molecule has 0 saturated heterocycles. The highest BCUT2D eigenvalue weighted by atomic mass is 32.2. The minimum Gasteiger partial charge on any atom is -0.306 e. The van der Waals surface area contributed by atoms with Crippen LogP contribution in [-0.4, -0.2) is 31.6 Å². The molecule has 1 unspecified atom stereocenters. The lowest BCUT2D eigenvalue weighted by atomic mass is 10.1. The van der Waals surface area contributed by atoms with Crippen molar-refractivity contribution in [2.45, 2.75) is 26.3 Å². The Morgan fingerprint density at radius 3 is 2.75 bits per heavy atom. The highest BCUT2D eigenvalue weighted by Crippen LogP contribution is 2.34. The van der Waals surface area contributed by atoms with Gasteiger partial charge in [-0.25, -0.2) is 13.4 Å². The number of pyridine rings is 1. The molecule has 1 aliphatic rings. The van der Waals surface area contributed by atoms with E-state index in [1.54, 1.807) is 24.4 Å². The number of aryl methyl sites for hydroxylation is 1. The second-order valence-electron chi connectivity index (χ2n) is 6.08. The van der Waals surface area contributed by atoms with Gasteiger partial charge in [-0.3, -0.25) is 9.10 Å². The van der Waals surface area contributed by atoms with Gasteiger partial charge in [-0.15, -0.1) is 0 Å². The van der Waals surface area contributed by atoms with Crippen LogP contribution in [0, 0.1) is 6.92 Å². The molecule has 0 aliphatic carbocycles. The predicted octanol–water partition coefficient (Wildman–Crippen LogP) is 2.35. The fourth-order valence-corrected chi connectivity index (χ4v) is 4.31. The lowest BCUT2D eigenvalue weighted by Gasteiger charge is -2.21. The van der Waals surface area contributed by atoms with Crippen molar-refractivity contribution in [2.24, 2.45) is 0 Å². The zero-order valence-electron chi connectivity index (χ0n) is 13.8. The highest BCUT2D eigenvalue weighted by Gasteiger charge is 2.32. The number of carbonyl (C=O) groups is 1. The lowest BCUT2D eigenvalue weighted by molar-refractivity contribution is 0.102.